The monoisotopic (exact) mass is 384 g/mol. The van der Waals surface area contributed by atoms with Crippen molar-refractivity contribution in [3.05, 3.63) is 45.8 Å². The summed E-state index contributed by atoms with van der Waals surface area (Å²) >= 11 is 6.99. The lowest BCUT2D eigenvalue weighted by Gasteiger charge is -2.07. The standard InChI is InChI=1S/C15H13ClN2O4S2/c1-10(19)18-7-6-12-3-5-15(23-12)24(20,21)22-14-4-2-11(9-17)8-13(14)16/h2-5,8H,6-7H2,1H3,(H,18,19). The maximum atomic E-state index is 12.3. The smallest absolute Gasteiger partial charge is 0.348 e. The predicted molar refractivity (Wildman–Crippen MR) is 90.7 cm³/mol. The topological polar surface area (TPSA) is 96.3 Å². The van der Waals surface area contributed by atoms with Gasteiger partial charge in [-0.25, -0.2) is 0 Å². The molecule has 126 valence electrons. The number of halogens is 1. The number of carbonyl (C=O) groups is 1. The largest absolute Gasteiger partial charge is 0.377 e. The first-order valence-electron chi connectivity index (χ1n) is 6.79. The van der Waals surface area contributed by atoms with Gasteiger partial charge in [-0.2, -0.15) is 13.7 Å². The van der Waals surface area contributed by atoms with Gasteiger partial charge in [-0.1, -0.05) is 11.6 Å². The van der Waals surface area contributed by atoms with Crippen molar-refractivity contribution in [2.45, 2.75) is 17.6 Å². The Hall–Kier alpha value is -2.08. The van der Waals surface area contributed by atoms with Gasteiger partial charge in [0, 0.05) is 18.3 Å². The van der Waals surface area contributed by atoms with E-state index in [-0.39, 0.29) is 20.9 Å². The number of nitrogens with zero attached hydrogens (tertiary/aromatic N) is 1. The minimum absolute atomic E-state index is 0.0381. The highest BCUT2D eigenvalue weighted by atomic mass is 35.5. The molecule has 9 heteroatoms. The molecule has 24 heavy (non-hydrogen) atoms. The summed E-state index contributed by atoms with van der Waals surface area (Å²) in [5, 5.41) is 11.5. The normalized spacial score (nSPS) is 10.9. The van der Waals surface area contributed by atoms with Gasteiger partial charge in [0.1, 0.15) is 0 Å². The summed E-state index contributed by atoms with van der Waals surface area (Å²) in [6, 6.07) is 9.11. The molecule has 0 aliphatic rings. The van der Waals surface area contributed by atoms with E-state index in [2.05, 4.69) is 5.32 Å². The Morgan fingerprint density at radius 2 is 2.12 bits per heavy atom. The Balaban J connectivity index is 2.12. The lowest BCUT2D eigenvalue weighted by molar-refractivity contribution is -0.118. The average molecular weight is 385 g/mol. The molecule has 0 radical (unpaired) electrons. The summed E-state index contributed by atoms with van der Waals surface area (Å²) in [5.41, 5.74) is 0.307. The van der Waals surface area contributed by atoms with Crippen LogP contribution < -0.4 is 9.50 Å². The molecule has 0 unspecified atom stereocenters. The minimum atomic E-state index is -4.01. The van der Waals surface area contributed by atoms with E-state index in [1.807, 2.05) is 6.07 Å². The maximum Gasteiger partial charge on any atom is 0.348 e. The van der Waals surface area contributed by atoms with E-state index in [4.69, 9.17) is 21.0 Å². The number of benzene rings is 1. The van der Waals surface area contributed by atoms with Crippen molar-refractivity contribution < 1.29 is 17.4 Å². The van der Waals surface area contributed by atoms with Crippen LogP contribution in [0.4, 0.5) is 0 Å². The maximum absolute atomic E-state index is 12.3. The number of nitriles is 1. The molecule has 1 heterocycles. The molecule has 1 aromatic carbocycles. The molecule has 0 aliphatic carbocycles. The quantitative estimate of drug-likeness (QED) is 0.772. The number of hydrogen-bond acceptors (Lipinski definition) is 6. The van der Waals surface area contributed by atoms with Gasteiger partial charge in [-0.05, 0) is 36.8 Å². The number of nitrogens with one attached hydrogen (secondary N) is 1. The van der Waals surface area contributed by atoms with E-state index >= 15 is 0 Å². The molecule has 0 saturated carbocycles. The molecule has 1 amide bonds. The van der Waals surface area contributed by atoms with Crippen LogP contribution >= 0.6 is 22.9 Å². The molecule has 2 aromatic rings. The number of thiophene rings is 1. The predicted octanol–water partition coefficient (Wildman–Crippen LogP) is 2.72. The van der Waals surface area contributed by atoms with Gasteiger partial charge < -0.3 is 9.50 Å². The lowest BCUT2D eigenvalue weighted by Crippen LogP contribution is -2.22. The van der Waals surface area contributed by atoms with E-state index in [0.29, 0.717) is 18.5 Å². The molecule has 1 N–H and O–H groups in total. The van der Waals surface area contributed by atoms with Crippen molar-refractivity contribution >= 4 is 39.0 Å². The summed E-state index contributed by atoms with van der Waals surface area (Å²) in [5.74, 6) is -0.179. The minimum Gasteiger partial charge on any atom is -0.377 e. The molecule has 2 rings (SSSR count). The van der Waals surface area contributed by atoms with Gasteiger partial charge in [0.05, 0.1) is 16.7 Å². The highest BCUT2D eigenvalue weighted by Gasteiger charge is 2.21. The summed E-state index contributed by atoms with van der Waals surface area (Å²) in [6.45, 7) is 1.84. The zero-order valence-corrected chi connectivity index (χ0v) is 15.0. The fourth-order valence-corrected chi connectivity index (χ4v) is 4.32. The summed E-state index contributed by atoms with van der Waals surface area (Å²) in [6.07, 6.45) is 0.525. The second-order valence-corrected chi connectivity index (χ2v) is 8.10. The van der Waals surface area contributed by atoms with Crippen LogP contribution in [0.15, 0.2) is 34.5 Å². The van der Waals surface area contributed by atoms with E-state index in [0.717, 1.165) is 16.2 Å². The van der Waals surface area contributed by atoms with Crippen LogP contribution in [0.2, 0.25) is 5.02 Å². The van der Waals surface area contributed by atoms with Crippen molar-refractivity contribution in [2.75, 3.05) is 6.54 Å². The molecular weight excluding hydrogens is 372 g/mol. The van der Waals surface area contributed by atoms with Crippen molar-refractivity contribution in [1.29, 1.82) is 5.26 Å². The first-order chi connectivity index (χ1) is 11.3. The highest BCUT2D eigenvalue weighted by molar-refractivity contribution is 7.89. The molecule has 0 spiro atoms. The lowest BCUT2D eigenvalue weighted by atomic mass is 10.2. The summed E-state index contributed by atoms with van der Waals surface area (Å²) in [7, 11) is -4.01. The van der Waals surface area contributed by atoms with Crippen molar-refractivity contribution in [3.63, 3.8) is 0 Å². The average Bonchev–Trinajstić information content (AvgIpc) is 2.98. The Morgan fingerprint density at radius 1 is 1.38 bits per heavy atom. The van der Waals surface area contributed by atoms with E-state index in [1.165, 1.54) is 31.2 Å². The highest BCUT2D eigenvalue weighted by Crippen LogP contribution is 2.30. The second kappa shape index (κ2) is 7.66. The molecule has 0 aliphatic heterocycles. The zero-order chi connectivity index (χ0) is 17.7. The van der Waals surface area contributed by atoms with Crippen LogP contribution in [-0.2, 0) is 21.3 Å². The molecule has 6 nitrogen and oxygen atoms in total. The Kier molecular flexibility index (Phi) is 5.83. The van der Waals surface area contributed by atoms with Gasteiger partial charge in [0.2, 0.25) is 5.91 Å². The molecule has 1 aromatic heterocycles. The summed E-state index contributed by atoms with van der Waals surface area (Å²) in [4.78, 5) is 11.6. The Labute approximate surface area is 148 Å². The third-order valence-electron chi connectivity index (χ3n) is 2.89. The number of hydrogen-bond donors (Lipinski definition) is 1. The number of carbonyl (C=O) groups excluding carboxylic acids is 1. The van der Waals surface area contributed by atoms with E-state index in [1.54, 1.807) is 6.07 Å². The van der Waals surface area contributed by atoms with Crippen LogP contribution in [0.25, 0.3) is 0 Å². The van der Waals surface area contributed by atoms with Gasteiger partial charge in [-0.3, -0.25) is 4.79 Å². The van der Waals surface area contributed by atoms with E-state index < -0.39 is 10.1 Å². The fraction of sp³-hybridized carbons (Fsp3) is 0.200. The second-order valence-electron chi connectivity index (χ2n) is 4.75. The zero-order valence-electron chi connectivity index (χ0n) is 12.6. The summed E-state index contributed by atoms with van der Waals surface area (Å²) < 4.78 is 29.7. The van der Waals surface area contributed by atoms with Crippen LogP contribution in [0, 0.1) is 11.3 Å². The third kappa shape index (κ3) is 4.71. The fourth-order valence-electron chi connectivity index (χ4n) is 1.79. The molecule has 0 bridgehead atoms. The number of rotatable bonds is 6. The van der Waals surface area contributed by atoms with Gasteiger partial charge in [0.15, 0.2) is 9.96 Å². The van der Waals surface area contributed by atoms with Crippen LogP contribution in [0.1, 0.15) is 17.4 Å². The molecular formula is C15H13ClN2O4S2. The van der Waals surface area contributed by atoms with Crippen LogP contribution in [0.3, 0.4) is 0 Å². The molecule has 0 fully saturated rings. The van der Waals surface area contributed by atoms with Gasteiger partial charge in [-0.15, -0.1) is 11.3 Å². The number of amides is 1. The van der Waals surface area contributed by atoms with Crippen LogP contribution in [-0.4, -0.2) is 20.9 Å². The Bertz CT molecular complexity index is 900. The van der Waals surface area contributed by atoms with Crippen molar-refractivity contribution in [3.8, 4) is 11.8 Å². The van der Waals surface area contributed by atoms with Gasteiger partial charge in [0.25, 0.3) is 0 Å². The van der Waals surface area contributed by atoms with Gasteiger partial charge >= 0.3 is 10.1 Å². The van der Waals surface area contributed by atoms with Crippen molar-refractivity contribution in [2.24, 2.45) is 0 Å². The third-order valence-corrected chi connectivity index (χ3v) is 6.01. The van der Waals surface area contributed by atoms with Crippen LogP contribution in [0.5, 0.6) is 5.75 Å². The SMILES string of the molecule is CC(=O)NCCc1ccc(S(=O)(=O)Oc2ccc(C#N)cc2Cl)s1. The molecule has 0 saturated heterocycles. The van der Waals surface area contributed by atoms with Crippen molar-refractivity contribution in [1.82, 2.24) is 5.32 Å². The Morgan fingerprint density at radius 3 is 2.75 bits per heavy atom. The van der Waals surface area contributed by atoms with E-state index in [9.17, 15) is 13.2 Å². The first kappa shape index (κ1) is 18.3. The first-order valence-corrected chi connectivity index (χ1v) is 9.39. The molecule has 0 atom stereocenters.